The second-order valence-electron chi connectivity index (χ2n) is 4.80. The van der Waals surface area contributed by atoms with Crippen molar-refractivity contribution in [3.63, 3.8) is 0 Å². The van der Waals surface area contributed by atoms with Crippen molar-refractivity contribution in [3.05, 3.63) is 23.8 Å². The van der Waals surface area contributed by atoms with Gasteiger partial charge in [-0.1, -0.05) is 13.0 Å². The Hall–Kier alpha value is -1.66. The molecule has 0 saturated carbocycles. The molecule has 1 N–H and O–H groups in total. The lowest BCUT2D eigenvalue weighted by atomic mass is 10.0. The molecule has 0 fully saturated rings. The Morgan fingerprint density at radius 2 is 2.05 bits per heavy atom. The zero-order valence-corrected chi connectivity index (χ0v) is 11.6. The van der Waals surface area contributed by atoms with Crippen molar-refractivity contribution in [3.8, 4) is 23.8 Å². The summed E-state index contributed by atoms with van der Waals surface area (Å²) in [5, 5.41) is 3.55. The Morgan fingerprint density at radius 3 is 2.74 bits per heavy atom. The van der Waals surface area contributed by atoms with E-state index in [1.807, 2.05) is 6.07 Å². The molecule has 0 bridgehead atoms. The summed E-state index contributed by atoms with van der Waals surface area (Å²) in [6, 6.07) is 6.70. The molecule has 0 aromatic heterocycles. The Bertz CT molecular complexity index is 464. The van der Waals surface area contributed by atoms with Gasteiger partial charge < -0.3 is 14.8 Å². The lowest BCUT2D eigenvalue weighted by molar-refractivity contribution is 0.171. The summed E-state index contributed by atoms with van der Waals surface area (Å²) in [4.78, 5) is 0. The van der Waals surface area contributed by atoms with Crippen LogP contribution < -0.4 is 14.8 Å². The summed E-state index contributed by atoms with van der Waals surface area (Å²) in [5.41, 5.74) is 1.19. The summed E-state index contributed by atoms with van der Waals surface area (Å²) in [5.74, 6) is 4.39. The summed E-state index contributed by atoms with van der Waals surface area (Å²) in [7, 11) is 0. The third-order valence-electron chi connectivity index (χ3n) is 3.41. The fourth-order valence-electron chi connectivity index (χ4n) is 2.24. The standard InChI is InChI=1S/C16H21NO2/c1-4-6-14(5-2)17-12(3)13-7-8-15-16(11-13)19-10-9-18-15/h1,7-8,11-12,14,17H,5-6,9-10H2,2-3H3. The minimum atomic E-state index is 0.245. The van der Waals surface area contributed by atoms with Gasteiger partial charge in [0.15, 0.2) is 11.5 Å². The first-order valence-electron chi connectivity index (χ1n) is 6.83. The molecular formula is C16H21NO2. The summed E-state index contributed by atoms with van der Waals surface area (Å²) >= 11 is 0. The Balaban J connectivity index is 2.06. The van der Waals surface area contributed by atoms with E-state index in [0.717, 1.165) is 24.3 Å². The number of nitrogens with one attached hydrogen (secondary N) is 1. The van der Waals surface area contributed by atoms with E-state index in [9.17, 15) is 0 Å². The van der Waals surface area contributed by atoms with E-state index in [-0.39, 0.29) is 6.04 Å². The predicted octanol–water partition coefficient (Wildman–Crippen LogP) is 2.91. The van der Waals surface area contributed by atoms with Crippen molar-refractivity contribution >= 4 is 0 Å². The van der Waals surface area contributed by atoms with Crippen molar-refractivity contribution in [1.82, 2.24) is 5.32 Å². The molecule has 2 atom stereocenters. The number of hydrogen-bond acceptors (Lipinski definition) is 3. The van der Waals surface area contributed by atoms with Gasteiger partial charge in [-0.05, 0) is 31.0 Å². The molecule has 2 rings (SSSR count). The number of hydrogen-bond donors (Lipinski definition) is 1. The predicted molar refractivity (Wildman–Crippen MR) is 76.5 cm³/mol. The zero-order valence-electron chi connectivity index (χ0n) is 11.6. The van der Waals surface area contributed by atoms with Crippen molar-refractivity contribution in [2.24, 2.45) is 0 Å². The third-order valence-corrected chi connectivity index (χ3v) is 3.41. The summed E-state index contributed by atoms with van der Waals surface area (Å²) < 4.78 is 11.1. The molecule has 0 spiro atoms. The van der Waals surface area contributed by atoms with E-state index in [1.165, 1.54) is 5.56 Å². The second kappa shape index (κ2) is 6.49. The maximum absolute atomic E-state index is 5.61. The second-order valence-corrected chi connectivity index (χ2v) is 4.80. The number of benzene rings is 1. The molecule has 1 aliphatic rings. The van der Waals surface area contributed by atoms with E-state index in [4.69, 9.17) is 15.9 Å². The van der Waals surface area contributed by atoms with Crippen LogP contribution in [0.2, 0.25) is 0 Å². The van der Waals surface area contributed by atoms with Crippen LogP contribution in [0, 0.1) is 12.3 Å². The van der Waals surface area contributed by atoms with Crippen LogP contribution in [0.1, 0.15) is 38.3 Å². The molecule has 0 amide bonds. The monoisotopic (exact) mass is 259 g/mol. The summed E-state index contributed by atoms with van der Waals surface area (Å²) in [6.45, 7) is 5.53. The fourth-order valence-corrected chi connectivity index (χ4v) is 2.24. The van der Waals surface area contributed by atoms with Crippen molar-refractivity contribution in [2.45, 2.75) is 38.8 Å². The molecule has 0 saturated heterocycles. The Kier molecular flexibility index (Phi) is 4.70. The molecule has 1 aromatic rings. The normalized spacial score (nSPS) is 16.5. The van der Waals surface area contributed by atoms with Crippen LogP contribution in [0.5, 0.6) is 11.5 Å². The highest BCUT2D eigenvalue weighted by Gasteiger charge is 2.16. The van der Waals surface area contributed by atoms with E-state index >= 15 is 0 Å². The smallest absolute Gasteiger partial charge is 0.161 e. The van der Waals surface area contributed by atoms with Crippen LogP contribution in [0.25, 0.3) is 0 Å². The van der Waals surface area contributed by atoms with Crippen LogP contribution in [0.3, 0.4) is 0 Å². The highest BCUT2D eigenvalue weighted by atomic mass is 16.6. The molecule has 1 heterocycles. The maximum Gasteiger partial charge on any atom is 0.161 e. The Morgan fingerprint density at radius 1 is 1.32 bits per heavy atom. The van der Waals surface area contributed by atoms with Crippen LogP contribution in [0.4, 0.5) is 0 Å². The first kappa shape index (κ1) is 13.8. The first-order valence-corrected chi connectivity index (χ1v) is 6.83. The summed E-state index contributed by atoms with van der Waals surface area (Å²) in [6.07, 6.45) is 7.17. The van der Waals surface area contributed by atoms with Crippen molar-refractivity contribution in [2.75, 3.05) is 13.2 Å². The number of rotatable bonds is 5. The van der Waals surface area contributed by atoms with E-state index in [0.29, 0.717) is 19.3 Å². The lowest BCUT2D eigenvalue weighted by Crippen LogP contribution is -2.30. The van der Waals surface area contributed by atoms with Gasteiger partial charge in [-0.25, -0.2) is 0 Å². The van der Waals surface area contributed by atoms with Crippen LogP contribution in [-0.4, -0.2) is 19.3 Å². The highest BCUT2D eigenvalue weighted by Crippen LogP contribution is 2.32. The van der Waals surface area contributed by atoms with Gasteiger partial charge in [-0.3, -0.25) is 0 Å². The molecule has 19 heavy (non-hydrogen) atoms. The van der Waals surface area contributed by atoms with Gasteiger partial charge in [0.25, 0.3) is 0 Å². The lowest BCUT2D eigenvalue weighted by Gasteiger charge is -2.23. The minimum Gasteiger partial charge on any atom is -0.486 e. The first-order chi connectivity index (χ1) is 9.24. The van der Waals surface area contributed by atoms with Crippen molar-refractivity contribution in [1.29, 1.82) is 0 Å². The average molecular weight is 259 g/mol. The van der Waals surface area contributed by atoms with Crippen LogP contribution in [-0.2, 0) is 0 Å². The average Bonchev–Trinajstić information content (AvgIpc) is 2.46. The maximum atomic E-state index is 5.61. The molecule has 0 aliphatic carbocycles. The van der Waals surface area contributed by atoms with Gasteiger partial charge in [-0.15, -0.1) is 12.3 Å². The number of ether oxygens (including phenoxy) is 2. The van der Waals surface area contributed by atoms with E-state index < -0.39 is 0 Å². The topological polar surface area (TPSA) is 30.5 Å². The molecule has 3 nitrogen and oxygen atoms in total. The minimum absolute atomic E-state index is 0.245. The zero-order chi connectivity index (χ0) is 13.7. The molecule has 0 radical (unpaired) electrons. The molecular weight excluding hydrogens is 238 g/mol. The van der Waals surface area contributed by atoms with Gasteiger partial charge in [0, 0.05) is 18.5 Å². The third kappa shape index (κ3) is 3.42. The van der Waals surface area contributed by atoms with Gasteiger partial charge in [0.05, 0.1) is 0 Å². The van der Waals surface area contributed by atoms with Gasteiger partial charge in [0.1, 0.15) is 13.2 Å². The molecule has 3 heteroatoms. The van der Waals surface area contributed by atoms with Gasteiger partial charge in [0.2, 0.25) is 0 Å². The van der Waals surface area contributed by atoms with Gasteiger partial charge in [-0.2, -0.15) is 0 Å². The van der Waals surface area contributed by atoms with E-state index in [2.05, 4.69) is 37.2 Å². The van der Waals surface area contributed by atoms with Crippen LogP contribution >= 0.6 is 0 Å². The molecule has 2 unspecified atom stereocenters. The Labute approximate surface area is 115 Å². The van der Waals surface area contributed by atoms with Gasteiger partial charge >= 0.3 is 0 Å². The SMILES string of the molecule is C#CCC(CC)NC(C)c1ccc2c(c1)OCCO2. The molecule has 102 valence electrons. The van der Waals surface area contributed by atoms with Crippen molar-refractivity contribution < 1.29 is 9.47 Å². The highest BCUT2D eigenvalue weighted by molar-refractivity contribution is 5.44. The van der Waals surface area contributed by atoms with Crippen LogP contribution in [0.15, 0.2) is 18.2 Å². The fraction of sp³-hybridized carbons (Fsp3) is 0.500. The number of terminal acetylenes is 1. The largest absolute Gasteiger partial charge is 0.486 e. The molecule has 1 aliphatic heterocycles. The molecule has 1 aromatic carbocycles. The van der Waals surface area contributed by atoms with E-state index in [1.54, 1.807) is 0 Å². The number of fused-ring (bicyclic) bond motifs is 1. The quantitative estimate of drug-likeness (QED) is 0.825.